The highest BCUT2D eigenvalue weighted by atomic mass is 16.1. The Kier molecular flexibility index (Phi) is 3.33. The molecule has 0 saturated carbocycles. The number of nitrogens with zero attached hydrogens (tertiary/aromatic N) is 2. The van der Waals surface area contributed by atoms with Crippen LogP contribution in [-0.4, -0.2) is 35.3 Å². The third kappa shape index (κ3) is 2.07. The monoisotopic (exact) mass is 221 g/mol. The minimum atomic E-state index is -0.581. The topological polar surface area (TPSA) is 59.2 Å². The molecule has 0 amide bonds. The lowest BCUT2D eigenvalue weighted by molar-refractivity contribution is 0.0755. The smallest absolute Gasteiger partial charge is 0.186 e. The van der Waals surface area contributed by atoms with Crippen molar-refractivity contribution in [1.29, 1.82) is 0 Å². The SMILES string of the molecule is Cc1ccnc(N)c1C(=O)C(C)(C)N(C)C. The van der Waals surface area contributed by atoms with Gasteiger partial charge in [0, 0.05) is 6.20 Å². The van der Waals surface area contributed by atoms with Crippen molar-refractivity contribution in [3.05, 3.63) is 23.4 Å². The van der Waals surface area contributed by atoms with E-state index in [9.17, 15) is 4.79 Å². The normalized spacial score (nSPS) is 11.9. The first-order chi connectivity index (χ1) is 7.28. The Labute approximate surface area is 96.5 Å². The summed E-state index contributed by atoms with van der Waals surface area (Å²) in [5.41, 5.74) is 6.58. The van der Waals surface area contributed by atoms with Crippen molar-refractivity contribution in [3.63, 3.8) is 0 Å². The van der Waals surface area contributed by atoms with E-state index < -0.39 is 5.54 Å². The lowest BCUT2D eigenvalue weighted by Gasteiger charge is -2.31. The van der Waals surface area contributed by atoms with Crippen molar-refractivity contribution >= 4 is 11.6 Å². The lowest BCUT2D eigenvalue weighted by atomic mass is 9.90. The van der Waals surface area contributed by atoms with Gasteiger partial charge in [0.05, 0.1) is 11.1 Å². The number of likely N-dealkylation sites (N-methyl/N-ethyl adjacent to an activating group) is 1. The van der Waals surface area contributed by atoms with E-state index in [1.54, 1.807) is 12.3 Å². The molecule has 0 aliphatic carbocycles. The number of hydrogen-bond donors (Lipinski definition) is 1. The van der Waals surface area contributed by atoms with Gasteiger partial charge in [-0.15, -0.1) is 0 Å². The van der Waals surface area contributed by atoms with Gasteiger partial charge in [-0.25, -0.2) is 4.98 Å². The van der Waals surface area contributed by atoms with Crippen LogP contribution in [0.4, 0.5) is 5.82 Å². The molecule has 88 valence electrons. The third-order valence-corrected chi connectivity index (χ3v) is 3.09. The van der Waals surface area contributed by atoms with Crippen LogP contribution in [0.15, 0.2) is 12.3 Å². The second-order valence-corrected chi connectivity index (χ2v) is 4.67. The van der Waals surface area contributed by atoms with Gasteiger partial charge < -0.3 is 5.73 Å². The Bertz CT molecular complexity index is 390. The molecule has 0 radical (unpaired) electrons. The first-order valence-electron chi connectivity index (χ1n) is 5.21. The number of nitrogen functional groups attached to an aromatic ring is 1. The first-order valence-corrected chi connectivity index (χ1v) is 5.21. The van der Waals surface area contributed by atoms with Gasteiger partial charge >= 0.3 is 0 Å². The molecule has 1 aromatic heterocycles. The number of nitrogens with two attached hydrogens (primary N) is 1. The summed E-state index contributed by atoms with van der Waals surface area (Å²) < 4.78 is 0. The number of carbonyl (C=O) groups is 1. The van der Waals surface area contributed by atoms with E-state index in [-0.39, 0.29) is 5.78 Å². The van der Waals surface area contributed by atoms with E-state index in [1.165, 1.54) is 0 Å². The molecule has 0 atom stereocenters. The fourth-order valence-corrected chi connectivity index (χ4v) is 1.38. The quantitative estimate of drug-likeness (QED) is 0.786. The maximum absolute atomic E-state index is 12.4. The minimum absolute atomic E-state index is 0.000556. The van der Waals surface area contributed by atoms with Crippen molar-refractivity contribution in [2.24, 2.45) is 0 Å². The minimum Gasteiger partial charge on any atom is -0.383 e. The van der Waals surface area contributed by atoms with Gasteiger partial charge in [0.25, 0.3) is 0 Å². The third-order valence-electron chi connectivity index (χ3n) is 3.09. The predicted octanol–water partition coefficient (Wildman–Crippen LogP) is 1.50. The molecule has 1 heterocycles. The van der Waals surface area contributed by atoms with Crippen molar-refractivity contribution in [2.75, 3.05) is 19.8 Å². The molecule has 0 aromatic carbocycles. The zero-order valence-corrected chi connectivity index (χ0v) is 10.5. The number of ketones is 1. The highest BCUT2D eigenvalue weighted by molar-refractivity contribution is 6.06. The standard InChI is InChI=1S/C12H19N3O/c1-8-6-7-14-11(13)9(8)10(16)12(2,3)15(4)5/h6-7H,1-5H3,(H2,13,14). The number of aryl methyl sites for hydroxylation is 1. The van der Waals surface area contributed by atoms with E-state index in [4.69, 9.17) is 5.73 Å². The second-order valence-electron chi connectivity index (χ2n) is 4.67. The van der Waals surface area contributed by atoms with Gasteiger partial charge in [-0.3, -0.25) is 9.69 Å². The summed E-state index contributed by atoms with van der Waals surface area (Å²) in [5, 5.41) is 0. The van der Waals surface area contributed by atoms with Crippen molar-refractivity contribution < 1.29 is 4.79 Å². The van der Waals surface area contributed by atoms with Gasteiger partial charge in [0.2, 0.25) is 0 Å². The van der Waals surface area contributed by atoms with Crippen LogP contribution in [0.5, 0.6) is 0 Å². The van der Waals surface area contributed by atoms with E-state index in [0.29, 0.717) is 11.4 Å². The van der Waals surface area contributed by atoms with Crippen LogP contribution < -0.4 is 5.73 Å². The molecule has 1 aromatic rings. The van der Waals surface area contributed by atoms with E-state index in [0.717, 1.165) is 5.56 Å². The number of rotatable bonds is 3. The fraction of sp³-hybridized carbons (Fsp3) is 0.500. The summed E-state index contributed by atoms with van der Waals surface area (Å²) in [7, 11) is 3.75. The average Bonchev–Trinajstić information content (AvgIpc) is 2.16. The van der Waals surface area contributed by atoms with Crippen molar-refractivity contribution in [3.8, 4) is 0 Å². The molecule has 2 N–H and O–H groups in total. The number of hydrogen-bond acceptors (Lipinski definition) is 4. The summed E-state index contributed by atoms with van der Waals surface area (Å²) in [6, 6.07) is 1.80. The van der Waals surface area contributed by atoms with Gasteiger partial charge in [0.1, 0.15) is 5.82 Å². The fourth-order valence-electron chi connectivity index (χ4n) is 1.38. The number of Topliss-reactive ketones (excluding diaryl/α,β-unsaturated/α-hetero) is 1. The summed E-state index contributed by atoms with van der Waals surface area (Å²) in [5.74, 6) is 0.306. The molecule has 0 spiro atoms. The number of carbonyl (C=O) groups excluding carboxylic acids is 1. The molecule has 0 aliphatic heterocycles. The first kappa shape index (κ1) is 12.6. The van der Waals surface area contributed by atoms with Crippen LogP contribution in [0, 0.1) is 6.92 Å². The molecule has 4 heteroatoms. The van der Waals surface area contributed by atoms with E-state index in [2.05, 4.69) is 4.98 Å². The summed E-state index contributed by atoms with van der Waals surface area (Å²) in [6.07, 6.45) is 1.62. The van der Waals surface area contributed by atoms with Gasteiger partial charge in [0.15, 0.2) is 5.78 Å². The maximum Gasteiger partial charge on any atom is 0.186 e. The molecule has 0 fully saturated rings. The van der Waals surface area contributed by atoms with Crippen LogP contribution in [0.2, 0.25) is 0 Å². The lowest BCUT2D eigenvalue weighted by Crippen LogP contribution is -2.46. The molecule has 0 unspecified atom stereocenters. The summed E-state index contributed by atoms with van der Waals surface area (Å²) >= 11 is 0. The Morgan fingerprint density at radius 1 is 1.44 bits per heavy atom. The highest BCUT2D eigenvalue weighted by Gasteiger charge is 2.33. The average molecular weight is 221 g/mol. The molecular weight excluding hydrogens is 202 g/mol. The Morgan fingerprint density at radius 2 is 2.00 bits per heavy atom. The van der Waals surface area contributed by atoms with Crippen molar-refractivity contribution in [2.45, 2.75) is 26.3 Å². The molecule has 0 aliphatic rings. The molecule has 4 nitrogen and oxygen atoms in total. The molecule has 1 rings (SSSR count). The van der Waals surface area contributed by atoms with Crippen LogP contribution in [0.3, 0.4) is 0 Å². The van der Waals surface area contributed by atoms with Crippen LogP contribution in [0.25, 0.3) is 0 Å². The molecule has 0 bridgehead atoms. The Balaban J connectivity index is 3.25. The number of aromatic nitrogens is 1. The van der Waals surface area contributed by atoms with Crippen LogP contribution >= 0.6 is 0 Å². The zero-order chi connectivity index (χ0) is 12.5. The molecular formula is C12H19N3O. The Hall–Kier alpha value is -1.42. The predicted molar refractivity (Wildman–Crippen MR) is 65.5 cm³/mol. The van der Waals surface area contributed by atoms with Gasteiger partial charge in [-0.2, -0.15) is 0 Å². The van der Waals surface area contributed by atoms with Gasteiger partial charge in [-0.05, 0) is 46.5 Å². The van der Waals surface area contributed by atoms with Crippen LogP contribution in [0.1, 0.15) is 29.8 Å². The van der Waals surface area contributed by atoms with Gasteiger partial charge in [-0.1, -0.05) is 0 Å². The zero-order valence-electron chi connectivity index (χ0n) is 10.5. The van der Waals surface area contributed by atoms with E-state index in [1.807, 2.05) is 39.8 Å². The molecule has 0 saturated heterocycles. The maximum atomic E-state index is 12.4. The van der Waals surface area contributed by atoms with E-state index >= 15 is 0 Å². The second kappa shape index (κ2) is 4.22. The number of anilines is 1. The molecule has 16 heavy (non-hydrogen) atoms. The summed E-state index contributed by atoms with van der Waals surface area (Å²) in [6.45, 7) is 5.62. The summed E-state index contributed by atoms with van der Waals surface area (Å²) in [4.78, 5) is 18.2. The van der Waals surface area contributed by atoms with Crippen LogP contribution in [-0.2, 0) is 0 Å². The van der Waals surface area contributed by atoms with Crippen molar-refractivity contribution in [1.82, 2.24) is 9.88 Å². The largest absolute Gasteiger partial charge is 0.383 e. The number of pyridine rings is 1. The highest BCUT2D eigenvalue weighted by Crippen LogP contribution is 2.23. The Morgan fingerprint density at radius 3 is 2.44 bits per heavy atom.